The van der Waals surface area contributed by atoms with Crippen molar-refractivity contribution in [3.63, 3.8) is 0 Å². The van der Waals surface area contributed by atoms with Gasteiger partial charge < -0.3 is 5.73 Å². The molecule has 21 heavy (non-hydrogen) atoms. The molecule has 0 spiro atoms. The number of hydrogen-bond donors (Lipinski definition) is 1. The summed E-state index contributed by atoms with van der Waals surface area (Å²) in [6.45, 7) is 0.693. The molecular weight excluding hydrogens is 298 g/mol. The van der Waals surface area contributed by atoms with E-state index in [9.17, 15) is 17.2 Å². The standard InChI is InChI=1S/C14H20F2N2O2S/c15-13-7-6-12(10-14(13)16)21(19,20)18(9-3-8-17)11-4-1-2-5-11/h6-7,10-11H,1-5,8-9,17H2. The SMILES string of the molecule is NCCCN(C1CCCC1)S(=O)(=O)c1ccc(F)c(F)c1. The summed E-state index contributed by atoms with van der Waals surface area (Å²) < 4.78 is 53.1. The van der Waals surface area contributed by atoms with Crippen molar-refractivity contribution in [2.45, 2.75) is 43.0 Å². The van der Waals surface area contributed by atoms with E-state index in [2.05, 4.69) is 0 Å². The predicted octanol–water partition coefficient (Wildman–Crippen LogP) is 2.25. The molecule has 0 heterocycles. The van der Waals surface area contributed by atoms with Crippen LogP contribution in [0.2, 0.25) is 0 Å². The number of rotatable bonds is 6. The zero-order valence-electron chi connectivity index (χ0n) is 11.8. The third-order valence-corrected chi connectivity index (χ3v) is 5.76. The first kappa shape index (κ1) is 16.3. The van der Waals surface area contributed by atoms with Crippen molar-refractivity contribution < 1.29 is 17.2 Å². The Kier molecular flexibility index (Phi) is 5.29. The van der Waals surface area contributed by atoms with Crippen LogP contribution in [0.4, 0.5) is 8.78 Å². The fourth-order valence-corrected chi connectivity index (χ4v) is 4.45. The molecule has 0 radical (unpaired) electrons. The van der Waals surface area contributed by atoms with Gasteiger partial charge in [-0.2, -0.15) is 4.31 Å². The molecule has 1 aliphatic rings. The average Bonchev–Trinajstić information content (AvgIpc) is 2.96. The number of benzene rings is 1. The van der Waals surface area contributed by atoms with Gasteiger partial charge in [-0.15, -0.1) is 0 Å². The quantitative estimate of drug-likeness (QED) is 0.875. The van der Waals surface area contributed by atoms with Crippen LogP contribution in [0.1, 0.15) is 32.1 Å². The summed E-state index contributed by atoms with van der Waals surface area (Å²) in [6.07, 6.45) is 4.11. The molecule has 1 aromatic carbocycles. The van der Waals surface area contributed by atoms with Crippen LogP contribution in [0.15, 0.2) is 23.1 Å². The Bertz CT molecular complexity index is 587. The maximum atomic E-state index is 13.3. The highest BCUT2D eigenvalue weighted by molar-refractivity contribution is 7.89. The summed E-state index contributed by atoms with van der Waals surface area (Å²) >= 11 is 0. The third kappa shape index (κ3) is 3.59. The largest absolute Gasteiger partial charge is 0.330 e. The van der Waals surface area contributed by atoms with Crippen LogP contribution in [-0.4, -0.2) is 31.9 Å². The Morgan fingerprint density at radius 2 is 1.86 bits per heavy atom. The monoisotopic (exact) mass is 318 g/mol. The van der Waals surface area contributed by atoms with Crippen LogP contribution >= 0.6 is 0 Å². The molecule has 0 atom stereocenters. The molecule has 0 bridgehead atoms. The highest BCUT2D eigenvalue weighted by atomic mass is 32.2. The van der Waals surface area contributed by atoms with Crippen molar-refractivity contribution in [3.05, 3.63) is 29.8 Å². The minimum absolute atomic E-state index is 0.0744. The van der Waals surface area contributed by atoms with Gasteiger partial charge in [0.25, 0.3) is 0 Å². The fourth-order valence-electron chi connectivity index (χ4n) is 2.71. The van der Waals surface area contributed by atoms with Gasteiger partial charge in [-0.1, -0.05) is 12.8 Å². The molecule has 0 saturated heterocycles. The van der Waals surface area contributed by atoms with Crippen LogP contribution in [0.5, 0.6) is 0 Å². The van der Waals surface area contributed by atoms with Crippen LogP contribution in [0, 0.1) is 11.6 Å². The number of nitrogens with two attached hydrogens (primary N) is 1. The Balaban J connectivity index is 2.33. The van der Waals surface area contributed by atoms with Crippen LogP contribution in [0.25, 0.3) is 0 Å². The van der Waals surface area contributed by atoms with Gasteiger partial charge in [0.15, 0.2) is 11.6 Å². The first-order chi connectivity index (χ1) is 9.96. The minimum Gasteiger partial charge on any atom is -0.330 e. The fraction of sp³-hybridized carbons (Fsp3) is 0.571. The van der Waals surface area contributed by atoms with Gasteiger partial charge in [0, 0.05) is 12.6 Å². The molecule has 1 aliphatic carbocycles. The summed E-state index contributed by atoms with van der Waals surface area (Å²) in [7, 11) is -3.82. The highest BCUT2D eigenvalue weighted by Gasteiger charge is 2.33. The number of halogens is 2. The van der Waals surface area contributed by atoms with Gasteiger partial charge in [-0.25, -0.2) is 17.2 Å². The van der Waals surface area contributed by atoms with Crippen LogP contribution in [-0.2, 0) is 10.0 Å². The Hall–Kier alpha value is -1.05. The van der Waals surface area contributed by atoms with Crippen molar-refractivity contribution >= 4 is 10.0 Å². The van der Waals surface area contributed by atoms with E-state index in [1.54, 1.807) is 0 Å². The van der Waals surface area contributed by atoms with E-state index in [4.69, 9.17) is 5.73 Å². The smallest absolute Gasteiger partial charge is 0.243 e. The van der Waals surface area contributed by atoms with E-state index in [0.717, 1.165) is 43.9 Å². The highest BCUT2D eigenvalue weighted by Crippen LogP contribution is 2.29. The maximum absolute atomic E-state index is 13.3. The molecule has 1 saturated carbocycles. The second kappa shape index (κ2) is 6.81. The summed E-state index contributed by atoms with van der Waals surface area (Å²) in [5, 5.41) is 0. The lowest BCUT2D eigenvalue weighted by Crippen LogP contribution is -2.40. The lowest BCUT2D eigenvalue weighted by molar-refractivity contribution is 0.320. The Labute approximate surface area is 124 Å². The number of sulfonamides is 1. The molecule has 0 aromatic heterocycles. The van der Waals surface area contributed by atoms with E-state index >= 15 is 0 Å². The Morgan fingerprint density at radius 1 is 1.19 bits per heavy atom. The molecule has 0 unspecified atom stereocenters. The topological polar surface area (TPSA) is 63.4 Å². The number of nitrogens with zero attached hydrogens (tertiary/aromatic N) is 1. The van der Waals surface area contributed by atoms with Gasteiger partial charge in [-0.3, -0.25) is 0 Å². The summed E-state index contributed by atoms with van der Waals surface area (Å²) in [6, 6.07) is 2.63. The van der Waals surface area contributed by atoms with Gasteiger partial charge in [0.05, 0.1) is 4.90 Å². The first-order valence-electron chi connectivity index (χ1n) is 7.14. The summed E-state index contributed by atoms with van der Waals surface area (Å²) in [5.74, 6) is -2.20. The average molecular weight is 318 g/mol. The number of hydrogen-bond acceptors (Lipinski definition) is 3. The van der Waals surface area contributed by atoms with Crippen molar-refractivity contribution in [1.82, 2.24) is 4.31 Å². The molecule has 1 fully saturated rings. The third-order valence-electron chi connectivity index (χ3n) is 3.81. The molecule has 0 amide bonds. The molecular formula is C14H20F2N2O2S. The van der Waals surface area contributed by atoms with Crippen molar-refractivity contribution in [1.29, 1.82) is 0 Å². The maximum Gasteiger partial charge on any atom is 0.243 e. The predicted molar refractivity (Wildman–Crippen MR) is 76.2 cm³/mol. The van der Waals surface area contributed by atoms with Crippen molar-refractivity contribution in [2.24, 2.45) is 5.73 Å². The molecule has 118 valence electrons. The molecule has 1 aromatic rings. The Morgan fingerprint density at radius 3 is 2.43 bits per heavy atom. The second-order valence-electron chi connectivity index (χ2n) is 5.27. The zero-order valence-corrected chi connectivity index (χ0v) is 12.6. The van der Waals surface area contributed by atoms with Gasteiger partial charge in [-0.05, 0) is 44.0 Å². The first-order valence-corrected chi connectivity index (χ1v) is 8.58. The normalized spacial score (nSPS) is 16.8. The van der Waals surface area contributed by atoms with E-state index in [0.29, 0.717) is 19.5 Å². The van der Waals surface area contributed by atoms with Crippen molar-refractivity contribution in [2.75, 3.05) is 13.1 Å². The van der Waals surface area contributed by atoms with Crippen LogP contribution < -0.4 is 5.73 Å². The lowest BCUT2D eigenvalue weighted by atomic mass is 10.2. The summed E-state index contributed by atoms with van der Waals surface area (Å²) in [4.78, 5) is -0.203. The van der Waals surface area contributed by atoms with Crippen molar-refractivity contribution in [3.8, 4) is 0 Å². The molecule has 2 N–H and O–H groups in total. The van der Waals surface area contributed by atoms with Gasteiger partial charge >= 0.3 is 0 Å². The molecule has 2 rings (SSSR count). The summed E-state index contributed by atoms with van der Waals surface area (Å²) in [5.41, 5.74) is 5.47. The lowest BCUT2D eigenvalue weighted by Gasteiger charge is -2.28. The second-order valence-corrected chi connectivity index (χ2v) is 7.16. The zero-order chi connectivity index (χ0) is 15.5. The minimum atomic E-state index is -3.82. The van der Waals surface area contributed by atoms with E-state index in [-0.39, 0.29) is 10.9 Å². The molecule has 0 aliphatic heterocycles. The molecule has 7 heteroatoms. The van der Waals surface area contributed by atoms with E-state index < -0.39 is 21.7 Å². The van der Waals surface area contributed by atoms with Crippen LogP contribution in [0.3, 0.4) is 0 Å². The van der Waals surface area contributed by atoms with Gasteiger partial charge in [0.1, 0.15) is 0 Å². The molecule has 4 nitrogen and oxygen atoms in total. The van der Waals surface area contributed by atoms with Gasteiger partial charge in [0.2, 0.25) is 10.0 Å². The van der Waals surface area contributed by atoms with E-state index in [1.165, 1.54) is 4.31 Å². The van der Waals surface area contributed by atoms with E-state index in [1.807, 2.05) is 0 Å².